The molecule has 1 aliphatic rings. The van der Waals surface area contributed by atoms with Crippen molar-refractivity contribution in [2.24, 2.45) is 0 Å². The molecule has 0 heterocycles. The predicted molar refractivity (Wildman–Crippen MR) is 71.2 cm³/mol. The monoisotopic (exact) mass is 222 g/mol. The molecule has 0 atom stereocenters. The molecule has 0 bridgehead atoms. The summed E-state index contributed by atoms with van der Waals surface area (Å²) in [6, 6.07) is 12.2. The largest absolute Gasteiger partial charge is 0.289 e. The number of benzene rings is 2. The van der Waals surface area contributed by atoms with Crippen LogP contribution in [0.1, 0.15) is 36.2 Å². The molecular formula is C16H14O. The third-order valence-corrected chi connectivity index (χ3v) is 3.63. The van der Waals surface area contributed by atoms with Gasteiger partial charge in [0.1, 0.15) is 0 Å². The van der Waals surface area contributed by atoms with Crippen molar-refractivity contribution >= 4 is 22.1 Å². The van der Waals surface area contributed by atoms with Gasteiger partial charge in [-0.25, -0.2) is 0 Å². The van der Waals surface area contributed by atoms with Gasteiger partial charge in [-0.15, -0.1) is 0 Å². The number of carbonyl (C=O) groups excluding carboxylic acids is 1. The topological polar surface area (TPSA) is 17.1 Å². The summed E-state index contributed by atoms with van der Waals surface area (Å²) in [6.07, 6.45) is 0.801. The summed E-state index contributed by atoms with van der Waals surface area (Å²) in [5.41, 5.74) is 4.17. The number of rotatable bonds is 1. The molecule has 0 N–H and O–H groups in total. The van der Waals surface area contributed by atoms with Crippen LogP contribution in [-0.2, 0) is 0 Å². The van der Waals surface area contributed by atoms with Gasteiger partial charge < -0.3 is 0 Å². The van der Waals surface area contributed by atoms with Gasteiger partial charge in [0.05, 0.1) is 0 Å². The summed E-state index contributed by atoms with van der Waals surface area (Å²) >= 11 is 0. The lowest BCUT2D eigenvalue weighted by Crippen LogP contribution is -2.11. The minimum Gasteiger partial charge on any atom is -0.289 e. The fourth-order valence-corrected chi connectivity index (χ4v) is 2.76. The second-order valence-electron chi connectivity index (χ2n) is 4.50. The molecule has 17 heavy (non-hydrogen) atoms. The molecule has 0 aliphatic heterocycles. The van der Waals surface area contributed by atoms with E-state index in [1.807, 2.05) is 19.1 Å². The van der Waals surface area contributed by atoms with Crippen molar-refractivity contribution in [1.29, 1.82) is 0 Å². The Labute approximate surface area is 101 Å². The Balaban J connectivity index is 2.50. The highest BCUT2D eigenvalue weighted by Gasteiger charge is 2.23. The van der Waals surface area contributed by atoms with E-state index in [4.69, 9.17) is 0 Å². The molecule has 3 rings (SSSR count). The van der Waals surface area contributed by atoms with Crippen molar-refractivity contribution < 1.29 is 4.79 Å². The van der Waals surface area contributed by atoms with Crippen molar-refractivity contribution in [3.63, 3.8) is 0 Å². The highest BCUT2D eigenvalue weighted by atomic mass is 16.1. The van der Waals surface area contributed by atoms with Crippen molar-refractivity contribution in [3.05, 3.63) is 53.1 Å². The molecule has 0 amide bonds. The summed E-state index contributed by atoms with van der Waals surface area (Å²) in [5.74, 6) is 0.203. The van der Waals surface area contributed by atoms with Gasteiger partial charge in [0, 0.05) is 16.5 Å². The van der Waals surface area contributed by atoms with Gasteiger partial charge in [0.25, 0.3) is 0 Å². The van der Waals surface area contributed by atoms with Crippen LogP contribution in [0.15, 0.2) is 42.0 Å². The molecule has 0 saturated carbocycles. The first kappa shape index (κ1) is 10.3. The number of hydrogen-bond acceptors (Lipinski definition) is 1. The molecule has 84 valence electrons. The molecule has 0 aromatic heterocycles. The van der Waals surface area contributed by atoms with Gasteiger partial charge in [-0.05, 0) is 29.9 Å². The number of allylic oxidation sites excluding steroid dienone is 2. The zero-order valence-corrected chi connectivity index (χ0v) is 10.1. The molecule has 0 saturated heterocycles. The normalized spacial score (nSPS) is 14.6. The molecule has 1 heteroatoms. The maximum Gasteiger partial charge on any atom is 0.189 e. The second kappa shape index (κ2) is 3.56. The summed E-state index contributed by atoms with van der Waals surface area (Å²) in [7, 11) is 0. The average molecular weight is 222 g/mol. The Morgan fingerprint density at radius 1 is 1.00 bits per heavy atom. The molecule has 2 aromatic carbocycles. The Morgan fingerprint density at radius 2 is 1.65 bits per heavy atom. The highest BCUT2D eigenvalue weighted by molar-refractivity contribution is 6.24. The van der Waals surface area contributed by atoms with Gasteiger partial charge in [0.2, 0.25) is 0 Å². The van der Waals surface area contributed by atoms with Crippen molar-refractivity contribution in [2.45, 2.75) is 20.3 Å². The first-order valence-electron chi connectivity index (χ1n) is 6.00. The van der Waals surface area contributed by atoms with Gasteiger partial charge in [-0.1, -0.05) is 43.3 Å². The Hall–Kier alpha value is -1.89. The zero-order chi connectivity index (χ0) is 12.0. The standard InChI is InChI=1S/C16H14O/c1-3-12-10(2)13-8-4-6-11-7-5-9-14(15(11)13)16(12)17/h4-9H,3H2,1-2H3. The van der Waals surface area contributed by atoms with Gasteiger partial charge in [0.15, 0.2) is 5.78 Å². The minimum absolute atomic E-state index is 0.203. The Kier molecular flexibility index (Phi) is 2.15. The Morgan fingerprint density at radius 3 is 2.29 bits per heavy atom. The lowest BCUT2D eigenvalue weighted by molar-refractivity contribution is 0.103. The van der Waals surface area contributed by atoms with E-state index in [0.717, 1.165) is 33.9 Å². The smallest absolute Gasteiger partial charge is 0.189 e. The van der Waals surface area contributed by atoms with E-state index in [9.17, 15) is 4.79 Å². The molecule has 2 aromatic rings. The summed E-state index contributed by atoms with van der Waals surface area (Å²) in [6.45, 7) is 4.10. The first-order valence-corrected chi connectivity index (χ1v) is 6.00. The van der Waals surface area contributed by atoms with Crippen LogP contribution in [0.2, 0.25) is 0 Å². The number of hydrogen-bond donors (Lipinski definition) is 0. The molecular weight excluding hydrogens is 208 g/mol. The SMILES string of the molecule is CCC1=C(C)c2cccc3cccc(c23)C1=O. The fraction of sp³-hybridized carbons (Fsp3) is 0.188. The lowest BCUT2D eigenvalue weighted by Gasteiger charge is -2.20. The average Bonchev–Trinajstić information content (AvgIpc) is 2.36. The number of carbonyl (C=O) groups is 1. The van der Waals surface area contributed by atoms with Gasteiger partial charge >= 0.3 is 0 Å². The van der Waals surface area contributed by atoms with Gasteiger partial charge in [-0.2, -0.15) is 0 Å². The van der Waals surface area contributed by atoms with Crippen molar-refractivity contribution in [3.8, 4) is 0 Å². The van der Waals surface area contributed by atoms with E-state index < -0.39 is 0 Å². The van der Waals surface area contributed by atoms with Crippen LogP contribution in [0.4, 0.5) is 0 Å². The maximum absolute atomic E-state index is 12.4. The number of Topliss-reactive ketones (excluding diaryl/α,β-unsaturated/α-hetero) is 1. The van der Waals surface area contributed by atoms with Crippen molar-refractivity contribution in [1.82, 2.24) is 0 Å². The van der Waals surface area contributed by atoms with Crippen LogP contribution in [0.3, 0.4) is 0 Å². The van der Waals surface area contributed by atoms with Crippen LogP contribution in [-0.4, -0.2) is 5.78 Å². The lowest BCUT2D eigenvalue weighted by atomic mass is 9.82. The third kappa shape index (κ3) is 1.29. The van der Waals surface area contributed by atoms with Crippen LogP contribution < -0.4 is 0 Å². The molecule has 1 aliphatic carbocycles. The van der Waals surface area contributed by atoms with E-state index in [2.05, 4.69) is 31.2 Å². The molecule has 0 fully saturated rings. The quantitative estimate of drug-likeness (QED) is 0.706. The third-order valence-electron chi connectivity index (χ3n) is 3.63. The second-order valence-corrected chi connectivity index (χ2v) is 4.50. The van der Waals surface area contributed by atoms with E-state index in [-0.39, 0.29) is 5.78 Å². The zero-order valence-electron chi connectivity index (χ0n) is 10.1. The van der Waals surface area contributed by atoms with Crippen LogP contribution in [0.25, 0.3) is 16.3 Å². The number of ketones is 1. The van der Waals surface area contributed by atoms with Gasteiger partial charge in [-0.3, -0.25) is 4.79 Å². The first-order chi connectivity index (χ1) is 8.24. The van der Waals surface area contributed by atoms with Crippen LogP contribution in [0.5, 0.6) is 0 Å². The minimum atomic E-state index is 0.203. The van der Waals surface area contributed by atoms with E-state index in [1.54, 1.807) is 0 Å². The highest BCUT2D eigenvalue weighted by Crippen LogP contribution is 2.36. The molecule has 0 unspecified atom stereocenters. The predicted octanol–water partition coefficient (Wildman–Crippen LogP) is 4.22. The maximum atomic E-state index is 12.4. The summed E-state index contributed by atoms with van der Waals surface area (Å²) in [4.78, 5) is 12.4. The Bertz CT molecular complexity index is 657. The van der Waals surface area contributed by atoms with E-state index >= 15 is 0 Å². The molecule has 1 nitrogen and oxygen atoms in total. The van der Waals surface area contributed by atoms with Crippen LogP contribution in [0, 0.1) is 0 Å². The van der Waals surface area contributed by atoms with E-state index in [1.165, 1.54) is 5.56 Å². The summed E-state index contributed by atoms with van der Waals surface area (Å²) < 4.78 is 0. The fourth-order valence-electron chi connectivity index (χ4n) is 2.76. The van der Waals surface area contributed by atoms with Crippen molar-refractivity contribution in [2.75, 3.05) is 0 Å². The molecule has 0 radical (unpaired) electrons. The summed E-state index contributed by atoms with van der Waals surface area (Å²) in [5, 5.41) is 2.28. The van der Waals surface area contributed by atoms with Crippen LogP contribution >= 0.6 is 0 Å². The van der Waals surface area contributed by atoms with E-state index in [0.29, 0.717) is 0 Å². The molecule has 0 spiro atoms.